The van der Waals surface area contributed by atoms with Gasteiger partial charge in [-0.2, -0.15) is 0 Å². The Morgan fingerprint density at radius 2 is 1.21 bits per heavy atom. The molecule has 0 aromatic heterocycles. The molecule has 1 fully saturated rings. The Hall–Kier alpha value is 0.570. The maximum absolute atomic E-state index is 5.50. The second-order valence-corrected chi connectivity index (χ2v) is 9.61. The quantitative estimate of drug-likeness (QED) is 0.650. The highest BCUT2D eigenvalue weighted by molar-refractivity contribution is 8.28. The van der Waals surface area contributed by atoms with Gasteiger partial charge in [0.2, 0.25) is 0 Å². The summed E-state index contributed by atoms with van der Waals surface area (Å²) in [6.07, 6.45) is 19.8. The highest BCUT2D eigenvalue weighted by atomic mass is 32.8. The fraction of sp³-hybridized carbons (Fsp3) is 1.00. The zero-order valence-electron chi connectivity index (χ0n) is 13.2. The Morgan fingerprint density at radius 1 is 0.789 bits per heavy atom. The van der Waals surface area contributed by atoms with Crippen molar-refractivity contribution in [3.63, 3.8) is 0 Å². The van der Waals surface area contributed by atoms with Crippen LogP contribution in [0.3, 0.4) is 0 Å². The lowest BCUT2D eigenvalue weighted by molar-refractivity contribution is 0.297. The van der Waals surface area contributed by atoms with Gasteiger partial charge in [-0.05, 0) is 24.5 Å². The summed E-state index contributed by atoms with van der Waals surface area (Å²) in [6, 6.07) is 0. The van der Waals surface area contributed by atoms with Gasteiger partial charge in [0.25, 0.3) is 0 Å². The Labute approximate surface area is 128 Å². The third-order valence-electron chi connectivity index (χ3n) is 4.79. The summed E-state index contributed by atoms with van der Waals surface area (Å²) < 4.78 is 0. The molecule has 3 atom stereocenters. The summed E-state index contributed by atoms with van der Waals surface area (Å²) in [5, 5.41) is 0. The molecule has 0 aromatic rings. The fourth-order valence-corrected chi connectivity index (χ4v) is 5.15. The summed E-state index contributed by atoms with van der Waals surface area (Å²) >= 11 is 5.50. The van der Waals surface area contributed by atoms with Crippen molar-refractivity contribution in [1.29, 1.82) is 0 Å². The molecule has 1 saturated carbocycles. The summed E-state index contributed by atoms with van der Waals surface area (Å²) in [5.41, 5.74) is 0. The molecule has 19 heavy (non-hydrogen) atoms. The summed E-state index contributed by atoms with van der Waals surface area (Å²) in [6.45, 7) is 2.40. The molecule has 0 saturated heterocycles. The van der Waals surface area contributed by atoms with Crippen LogP contribution < -0.4 is 0 Å². The molecule has 0 bridgehead atoms. The van der Waals surface area contributed by atoms with Crippen LogP contribution in [0.2, 0.25) is 0 Å². The lowest BCUT2D eigenvalue weighted by Crippen LogP contribution is -2.20. The average molecular weight is 303 g/mol. The van der Waals surface area contributed by atoms with Crippen molar-refractivity contribution in [2.45, 2.75) is 84.0 Å². The Kier molecular flexibility index (Phi) is 10.4. The van der Waals surface area contributed by atoms with E-state index in [2.05, 4.69) is 13.2 Å². The first-order valence-electron chi connectivity index (χ1n) is 8.54. The van der Waals surface area contributed by atoms with Gasteiger partial charge in [0, 0.05) is 5.75 Å². The van der Waals surface area contributed by atoms with E-state index in [-0.39, 0.29) is 9.45 Å². The van der Waals surface area contributed by atoms with Crippen molar-refractivity contribution < 1.29 is 0 Å². The van der Waals surface area contributed by atoms with Crippen LogP contribution >= 0.6 is 0 Å². The van der Waals surface area contributed by atoms with Gasteiger partial charge in [-0.3, -0.25) is 0 Å². The van der Waals surface area contributed by atoms with Gasteiger partial charge in [-0.1, -0.05) is 88.7 Å². The Bertz CT molecular complexity index is 237. The third kappa shape index (κ3) is 8.45. The molecule has 0 aliphatic heterocycles. The fourth-order valence-electron chi connectivity index (χ4n) is 3.58. The summed E-state index contributed by atoms with van der Waals surface area (Å²) in [4.78, 5) is 0. The van der Waals surface area contributed by atoms with E-state index in [1.54, 1.807) is 0 Å². The molecule has 1 rings (SSSR count). The monoisotopic (exact) mass is 302 g/mol. The van der Waals surface area contributed by atoms with E-state index in [9.17, 15) is 0 Å². The maximum atomic E-state index is 5.50. The normalized spacial score (nSPS) is 29.8. The van der Waals surface area contributed by atoms with Gasteiger partial charge in [0.1, 0.15) is 0 Å². The average Bonchev–Trinajstić information content (AvgIpc) is 2.40. The zero-order chi connectivity index (χ0) is 13.9. The van der Waals surface area contributed by atoms with E-state index in [1.165, 1.54) is 82.8 Å². The van der Waals surface area contributed by atoms with Crippen molar-refractivity contribution in [3.8, 4) is 0 Å². The van der Waals surface area contributed by atoms with Gasteiger partial charge in [-0.25, -0.2) is 0 Å². The van der Waals surface area contributed by atoms with Crippen molar-refractivity contribution in [2.75, 3.05) is 12.0 Å². The summed E-state index contributed by atoms with van der Waals surface area (Å²) in [7, 11) is 0.213. The second-order valence-electron chi connectivity index (χ2n) is 6.43. The van der Waals surface area contributed by atoms with Crippen LogP contribution in [0.25, 0.3) is 0 Å². The minimum atomic E-state index is 0.213. The molecule has 0 nitrogen and oxygen atoms in total. The zero-order valence-corrected chi connectivity index (χ0v) is 14.8. The van der Waals surface area contributed by atoms with Crippen LogP contribution in [0.15, 0.2) is 0 Å². The SMILES string of the molecule is CC[C@@H]1CCCCCCCCCCCC1CS(C)=S. The molecule has 1 aliphatic rings. The van der Waals surface area contributed by atoms with Crippen LogP contribution in [0.1, 0.15) is 84.0 Å². The first kappa shape index (κ1) is 17.6. The number of rotatable bonds is 3. The molecule has 2 heteroatoms. The largest absolute Gasteiger partial charge is 0.124 e. The van der Waals surface area contributed by atoms with Crippen molar-refractivity contribution >= 4 is 20.6 Å². The molecule has 0 radical (unpaired) electrons. The molecule has 0 heterocycles. The predicted molar refractivity (Wildman–Crippen MR) is 93.6 cm³/mol. The second kappa shape index (κ2) is 11.3. The molecule has 0 aromatic carbocycles. The topological polar surface area (TPSA) is 0 Å². The maximum Gasteiger partial charge on any atom is 0.000748 e. The molecule has 1 aliphatic carbocycles. The van der Waals surface area contributed by atoms with Crippen LogP contribution in [-0.4, -0.2) is 12.0 Å². The van der Waals surface area contributed by atoms with Gasteiger partial charge in [0.05, 0.1) is 0 Å². The van der Waals surface area contributed by atoms with E-state index < -0.39 is 0 Å². The molecule has 0 N–H and O–H groups in total. The number of hydrogen-bond acceptors (Lipinski definition) is 1. The molecule has 2 unspecified atom stereocenters. The van der Waals surface area contributed by atoms with Crippen LogP contribution in [0.5, 0.6) is 0 Å². The molecular formula is C17H34S2. The Morgan fingerprint density at radius 3 is 1.63 bits per heavy atom. The van der Waals surface area contributed by atoms with Gasteiger partial charge < -0.3 is 0 Å². The van der Waals surface area contributed by atoms with E-state index in [1.807, 2.05) is 0 Å². The van der Waals surface area contributed by atoms with Crippen LogP contribution in [0, 0.1) is 11.8 Å². The first-order chi connectivity index (χ1) is 9.24. The van der Waals surface area contributed by atoms with E-state index in [4.69, 9.17) is 11.2 Å². The molecule has 114 valence electrons. The van der Waals surface area contributed by atoms with Gasteiger partial charge >= 0.3 is 0 Å². The molecular weight excluding hydrogens is 268 g/mol. The minimum absolute atomic E-state index is 0.213. The number of hydrogen-bond donors (Lipinski definition) is 0. The van der Waals surface area contributed by atoms with Crippen molar-refractivity contribution in [2.24, 2.45) is 11.8 Å². The van der Waals surface area contributed by atoms with E-state index >= 15 is 0 Å². The highest BCUT2D eigenvalue weighted by Gasteiger charge is 2.19. The van der Waals surface area contributed by atoms with Gasteiger partial charge in [0.15, 0.2) is 0 Å². The highest BCUT2D eigenvalue weighted by Crippen LogP contribution is 2.29. The summed E-state index contributed by atoms with van der Waals surface area (Å²) in [5.74, 6) is 3.20. The molecule has 0 amide bonds. The minimum Gasteiger partial charge on any atom is -0.124 e. The van der Waals surface area contributed by atoms with Crippen molar-refractivity contribution in [1.82, 2.24) is 0 Å². The molecule has 0 spiro atoms. The lowest BCUT2D eigenvalue weighted by Gasteiger charge is -2.26. The van der Waals surface area contributed by atoms with E-state index in [0.29, 0.717) is 0 Å². The van der Waals surface area contributed by atoms with E-state index in [0.717, 1.165) is 11.8 Å². The Balaban J connectivity index is 2.51. The smallest absolute Gasteiger partial charge is 0.000748 e. The lowest BCUT2D eigenvalue weighted by atomic mass is 9.83. The van der Waals surface area contributed by atoms with Gasteiger partial charge in [-0.15, -0.1) is 9.45 Å². The van der Waals surface area contributed by atoms with Crippen molar-refractivity contribution in [3.05, 3.63) is 0 Å². The standard InChI is InChI=1S/C17H34S2/c1-3-16-13-11-9-7-5-4-6-8-10-12-14-17(16)15-19(2)18/h16-17H,3-15H2,1-2H3/t16-,17?,19?/m1/s1. The first-order valence-corrected chi connectivity index (χ1v) is 11.3. The third-order valence-corrected chi connectivity index (χ3v) is 6.10. The van der Waals surface area contributed by atoms with Crippen LogP contribution in [-0.2, 0) is 20.6 Å². The van der Waals surface area contributed by atoms with Crippen LogP contribution in [0.4, 0.5) is 0 Å². The predicted octanol–water partition coefficient (Wildman–Crippen LogP) is 5.64.